The highest BCUT2D eigenvalue weighted by atomic mass is 35.5. The SMILES string of the molecule is CC1(C)OC2[C@@H](O1)[C@@H](CO)O[C@H]2n1cnc2c(N3CCC4(CCc5ccccc54)C3)nc(Cl)nc21. The van der Waals surface area contributed by atoms with E-state index in [1.54, 1.807) is 6.33 Å². The predicted molar refractivity (Wildman–Crippen MR) is 128 cm³/mol. The largest absolute Gasteiger partial charge is 0.394 e. The van der Waals surface area contributed by atoms with Crippen LogP contribution in [0.25, 0.3) is 11.2 Å². The van der Waals surface area contributed by atoms with Crippen molar-refractivity contribution >= 4 is 28.6 Å². The van der Waals surface area contributed by atoms with Gasteiger partial charge in [-0.25, -0.2) is 4.98 Å². The van der Waals surface area contributed by atoms with Crippen molar-refractivity contribution in [3.63, 3.8) is 0 Å². The molecule has 7 rings (SSSR count). The minimum atomic E-state index is -0.763. The van der Waals surface area contributed by atoms with Crippen LogP contribution in [0, 0.1) is 0 Å². The van der Waals surface area contributed by atoms with Gasteiger partial charge in [0.25, 0.3) is 0 Å². The maximum Gasteiger partial charge on any atom is 0.226 e. The molecule has 1 N–H and O–H groups in total. The third-order valence-corrected chi connectivity index (χ3v) is 8.24. The number of benzene rings is 1. The zero-order valence-corrected chi connectivity index (χ0v) is 20.5. The number of hydrogen-bond donors (Lipinski definition) is 1. The van der Waals surface area contributed by atoms with Gasteiger partial charge in [-0.05, 0) is 55.8 Å². The fraction of sp³-hybridized carbons (Fsp3) is 0.560. The van der Waals surface area contributed by atoms with Gasteiger partial charge in [-0.1, -0.05) is 24.3 Å². The number of aliphatic hydroxyl groups excluding tert-OH is 1. The van der Waals surface area contributed by atoms with Gasteiger partial charge in [-0.2, -0.15) is 9.97 Å². The molecule has 9 nitrogen and oxygen atoms in total. The lowest BCUT2D eigenvalue weighted by Crippen LogP contribution is -2.31. The van der Waals surface area contributed by atoms with Gasteiger partial charge in [0, 0.05) is 18.5 Å². The van der Waals surface area contributed by atoms with E-state index >= 15 is 0 Å². The Balaban J connectivity index is 1.25. The fourth-order valence-electron chi connectivity index (χ4n) is 6.55. The number of nitrogens with zero attached hydrogens (tertiary/aromatic N) is 5. The van der Waals surface area contributed by atoms with Crippen molar-refractivity contribution in [2.75, 3.05) is 24.6 Å². The van der Waals surface area contributed by atoms with Crippen LogP contribution >= 0.6 is 11.6 Å². The molecule has 184 valence electrons. The molecule has 1 spiro atoms. The van der Waals surface area contributed by atoms with Crippen molar-refractivity contribution in [3.05, 3.63) is 47.0 Å². The molecular weight excluding hydrogens is 470 g/mol. The number of aliphatic hydroxyl groups is 1. The van der Waals surface area contributed by atoms with Crippen LogP contribution in [-0.2, 0) is 26.0 Å². The van der Waals surface area contributed by atoms with Gasteiger partial charge in [0.05, 0.1) is 12.9 Å². The number of hydrogen-bond acceptors (Lipinski definition) is 8. The first-order valence-electron chi connectivity index (χ1n) is 12.2. The number of ether oxygens (including phenoxy) is 3. The predicted octanol–water partition coefficient (Wildman–Crippen LogP) is 2.98. The first-order valence-corrected chi connectivity index (χ1v) is 12.6. The summed E-state index contributed by atoms with van der Waals surface area (Å²) >= 11 is 6.46. The molecule has 4 aliphatic rings. The van der Waals surface area contributed by atoms with E-state index < -0.39 is 24.2 Å². The Morgan fingerprint density at radius 1 is 1.14 bits per heavy atom. The van der Waals surface area contributed by atoms with Crippen molar-refractivity contribution < 1.29 is 19.3 Å². The second-order valence-electron chi connectivity index (χ2n) is 10.6. The molecule has 2 unspecified atom stereocenters. The molecule has 0 bridgehead atoms. The van der Waals surface area contributed by atoms with E-state index in [2.05, 4.69) is 39.1 Å². The summed E-state index contributed by atoms with van der Waals surface area (Å²) < 4.78 is 20.2. The molecule has 3 aliphatic heterocycles. The number of halogens is 1. The van der Waals surface area contributed by atoms with E-state index in [4.69, 9.17) is 30.8 Å². The Morgan fingerprint density at radius 2 is 1.97 bits per heavy atom. The molecule has 5 heterocycles. The summed E-state index contributed by atoms with van der Waals surface area (Å²) in [6.07, 6.45) is 3.21. The maximum absolute atomic E-state index is 9.88. The van der Waals surface area contributed by atoms with E-state index in [1.165, 1.54) is 11.1 Å². The number of rotatable bonds is 3. The molecule has 3 saturated heterocycles. The lowest BCUT2D eigenvalue weighted by Gasteiger charge is -2.26. The summed E-state index contributed by atoms with van der Waals surface area (Å²) in [5.74, 6) is -0.0161. The third-order valence-electron chi connectivity index (χ3n) is 8.07. The topological polar surface area (TPSA) is 94.8 Å². The minimum absolute atomic E-state index is 0.139. The molecule has 3 aromatic rings. The monoisotopic (exact) mass is 497 g/mol. The molecule has 1 aliphatic carbocycles. The Kier molecular flexibility index (Phi) is 4.76. The Hall–Kier alpha value is -2.30. The van der Waals surface area contributed by atoms with E-state index in [0.717, 1.165) is 38.2 Å². The number of anilines is 1. The van der Waals surface area contributed by atoms with Crippen molar-refractivity contribution in [1.29, 1.82) is 0 Å². The quantitative estimate of drug-likeness (QED) is 0.552. The molecule has 5 atom stereocenters. The highest BCUT2D eigenvalue weighted by Gasteiger charge is 2.56. The first-order chi connectivity index (χ1) is 16.9. The van der Waals surface area contributed by atoms with E-state index in [0.29, 0.717) is 11.2 Å². The van der Waals surface area contributed by atoms with Crippen LogP contribution < -0.4 is 4.90 Å². The average molecular weight is 498 g/mol. The first kappa shape index (κ1) is 21.9. The Morgan fingerprint density at radius 3 is 2.83 bits per heavy atom. The summed E-state index contributed by atoms with van der Waals surface area (Å²) in [5.41, 5.74) is 4.33. The summed E-state index contributed by atoms with van der Waals surface area (Å²) in [4.78, 5) is 16.2. The van der Waals surface area contributed by atoms with E-state index in [1.807, 2.05) is 18.4 Å². The number of imidazole rings is 1. The van der Waals surface area contributed by atoms with Crippen LogP contribution in [-0.4, -0.2) is 68.4 Å². The molecule has 2 aromatic heterocycles. The number of aryl methyl sites for hydroxylation is 1. The lowest BCUT2D eigenvalue weighted by molar-refractivity contribution is -0.199. The van der Waals surface area contributed by atoms with Gasteiger partial charge in [0.15, 0.2) is 29.0 Å². The molecule has 0 radical (unpaired) electrons. The van der Waals surface area contributed by atoms with Crippen molar-refractivity contribution in [2.24, 2.45) is 0 Å². The lowest BCUT2D eigenvalue weighted by atomic mass is 9.81. The van der Waals surface area contributed by atoms with Crippen LogP contribution in [0.1, 0.15) is 44.0 Å². The fourth-order valence-corrected chi connectivity index (χ4v) is 6.71. The van der Waals surface area contributed by atoms with Crippen LogP contribution in [0.15, 0.2) is 30.6 Å². The molecule has 10 heteroatoms. The highest BCUT2D eigenvalue weighted by molar-refractivity contribution is 6.28. The van der Waals surface area contributed by atoms with E-state index in [-0.39, 0.29) is 23.4 Å². The minimum Gasteiger partial charge on any atom is -0.394 e. The molecule has 0 amide bonds. The van der Waals surface area contributed by atoms with Gasteiger partial charge >= 0.3 is 0 Å². The molecule has 0 saturated carbocycles. The second kappa shape index (κ2) is 7.60. The Bertz CT molecular complexity index is 1310. The van der Waals surface area contributed by atoms with Gasteiger partial charge in [0.1, 0.15) is 18.3 Å². The average Bonchev–Trinajstić information content (AvgIpc) is 3.63. The van der Waals surface area contributed by atoms with Gasteiger partial charge in [0.2, 0.25) is 5.28 Å². The zero-order valence-electron chi connectivity index (χ0n) is 19.7. The standard InChI is InChI=1S/C25H28ClN5O4/c1-24(2)34-18-16(11-32)33-22(19(18)35-24)31-13-27-17-20(28-23(26)29-21(17)31)30-10-9-25(12-30)8-7-14-5-3-4-6-15(14)25/h3-6,13,16,18-19,22,32H,7-12H2,1-2H3/t16-,18+,19?,22-,25?/m1/s1. The van der Waals surface area contributed by atoms with Crippen molar-refractivity contribution in [2.45, 2.75) is 68.9 Å². The third kappa shape index (κ3) is 3.25. The number of fused-ring (bicyclic) bond motifs is 4. The maximum atomic E-state index is 9.88. The van der Waals surface area contributed by atoms with Crippen LogP contribution in [0.5, 0.6) is 0 Å². The smallest absolute Gasteiger partial charge is 0.226 e. The molecular formula is C25H28ClN5O4. The van der Waals surface area contributed by atoms with Gasteiger partial charge < -0.3 is 24.2 Å². The highest BCUT2D eigenvalue weighted by Crippen LogP contribution is 2.47. The van der Waals surface area contributed by atoms with Crippen LogP contribution in [0.4, 0.5) is 5.82 Å². The van der Waals surface area contributed by atoms with Crippen LogP contribution in [0.3, 0.4) is 0 Å². The summed E-state index contributed by atoms with van der Waals surface area (Å²) in [7, 11) is 0. The Labute approximate surface area is 208 Å². The zero-order chi connectivity index (χ0) is 23.9. The molecule has 1 aromatic carbocycles. The van der Waals surface area contributed by atoms with Crippen molar-refractivity contribution in [1.82, 2.24) is 19.5 Å². The van der Waals surface area contributed by atoms with Crippen molar-refractivity contribution in [3.8, 4) is 0 Å². The normalized spacial score (nSPS) is 33.2. The van der Waals surface area contributed by atoms with Gasteiger partial charge in [-0.15, -0.1) is 0 Å². The summed E-state index contributed by atoms with van der Waals surface area (Å²) in [5, 5.41) is 10.0. The number of aromatic nitrogens is 4. The van der Waals surface area contributed by atoms with Crippen LogP contribution in [0.2, 0.25) is 5.28 Å². The van der Waals surface area contributed by atoms with Gasteiger partial charge in [-0.3, -0.25) is 4.57 Å². The molecule has 3 fully saturated rings. The molecule has 35 heavy (non-hydrogen) atoms. The summed E-state index contributed by atoms with van der Waals surface area (Å²) in [6, 6.07) is 8.79. The van der Waals surface area contributed by atoms with E-state index in [9.17, 15) is 5.11 Å². The summed E-state index contributed by atoms with van der Waals surface area (Å²) in [6.45, 7) is 5.32. The second-order valence-corrected chi connectivity index (χ2v) is 10.9.